The molecule has 96 valence electrons. The van der Waals surface area contributed by atoms with Crippen LogP contribution in [0.1, 0.15) is 5.56 Å². The Morgan fingerprint density at radius 2 is 1.58 bits per heavy atom. The number of benzene rings is 2. The molecular formula is C15H10F3N. The van der Waals surface area contributed by atoms with E-state index < -0.39 is 17.5 Å². The average Bonchev–Trinajstić information content (AvgIpc) is 2.42. The van der Waals surface area contributed by atoms with Gasteiger partial charge in [-0.05, 0) is 12.1 Å². The molecule has 0 spiro atoms. The first-order valence-electron chi connectivity index (χ1n) is 5.59. The van der Waals surface area contributed by atoms with Gasteiger partial charge in [-0.1, -0.05) is 30.0 Å². The molecule has 0 amide bonds. The van der Waals surface area contributed by atoms with E-state index in [9.17, 15) is 13.2 Å². The fourth-order valence-corrected chi connectivity index (χ4v) is 1.47. The lowest BCUT2D eigenvalue weighted by Gasteiger charge is -2.03. The van der Waals surface area contributed by atoms with E-state index in [4.69, 9.17) is 0 Å². The molecule has 4 heteroatoms. The number of halogens is 3. The molecule has 0 aromatic heterocycles. The van der Waals surface area contributed by atoms with Crippen LogP contribution in [0.2, 0.25) is 0 Å². The first kappa shape index (κ1) is 13.0. The minimum atomic E-state index is -1.47. The molecule has 19 heavy (non-hydrogen) atoms. The molecule has 0 aliphatic carbocycles. The Hall–Kier alpha value is -2.41. The highest BCUT2D eigenvalue weighted by atomic mass is 19.2. The van der Waals surface area contributed by atoms with Crippen LogP contribution in [0, 0.1) is 29.3 Å². The molecule has 0 atom stereocenters. The number of hydrogen-bond acceptors (Lipinski definition) is 1. The second kappa shape index (κ2) is 5.96. The van der Waals surface area contributed by atoms with Gasteiger partial charge in [0.2, 0.25) is 0 Å². The Labute approximate surface area is 109 Å². The standard InChI is InChI=1S/C15H10F3N/c16-13-9-12(10-14(17)15(13)18)19-8-4-7-11-5-2-1-3-6-11/h1-3,5-6,9-10,19H,8H2. The van der Waals surface area contributed by atoms with E-state index in [1.807, 2.05) is 30.3 Å². The van der Waals surface area contributed by atoms with E-state index in [1.165, 1.54) is 0 Å². The maximum absolute atomic E-state index is 12.9. The number of anilines is 1. The predicted molar refractivity (Wildman–Crippen MR) is 68.1 cm³/mol. The summed E-state index contributed by atoms with van der Waals surface area (Å²) < 4.78 is 38.6. The molecule has 0 radical (unpaired) electrons. The van der Waals surface area contributed by atoms with Gasteiger partial charge in [0.05, 0.1) is 6.54 Å². The highest BCUT2D eigenvalue weighted by Crippen LogP contribution is 2.16. The zero-order valence-electron chi connectivity index (χ0n) is 9.88. The summed E-state index contributed by atoms with van der Waals surface area (Å²) in [5.74, 6) is 1.77. The van der Waals surface area contributed by atoms with Crippen molar-refractivity contribution in [2.75, 3.05) is 11.9 Å². The Morgan fingerprint density at radius 1 is 0.947 bits per heavy atom. The van der Waals surface area contributed by atoms with Crippen LogP contribution in [0.15, 0.2) is 42.5 Å². The van der Waals surface area contributed by atoms with Gasteiger partial charge in [0.1, 0.15) is 0 Å². The molecule has 2 aromatic rings. The van der Waals surface area contributed by atoms with Crippen molar-refractivity contribution in [3.8, 4) is 11.8 Å². The summed E-state index contributed by atoms with van der Waals surface area (Å²) in [5.41, 5.74) is 1.000. The van der Waals surface area contributed by atoms with E-state index >= 15 is 0 Å². The molecule has 0 bridgehead atoms. The second-order valence-electron chi connectivity index (χ2n) is 3.78. The summed E-state index contributed by atoms with van der Waals surface area (Å²) in [4.78, 5) is 0. The maximum Gasteiger partial charge on any atom is 0.194 e. The largest absolute Gasteiger partial charge is 0.374 e. The van der Waals surface area contributed by atoms with Crippen molar-refractivity contribution < 1.29 is 13.2 Å². The van der Waals surface area contributed by atoms with Gasteiger partial charge >= 0.3 is 0 Å². The molecule has 2 rings (SSSR count). The lowest BCUT2D eigenvalue weighted by Crippen LogP contribution is -2.01. The Kier molecular flexibility index (Phi) is 4.09. The molecule has 1 nitrogen and oxygen atoms in total. The summed E-state index contributed by atoms with van der Waals surface area (Å²) in [6.07, 6.45) is 0. The van der Waals surface area contributed by atoms with Crippen molar-refractivity contribution in [1.29, 1.82) is 0 Å². The highest BCUT2D eigenvalue weighted by molar-refractivity contribution is 5.45. The topological polar surface area (TPSA) is 12.0 Å². The number of hydrogen-bond donors (Lipinski definition) is 1. The van der Waals surface area contributed by atoms with Crippen LogP contribution in [0.25, 0.3) is 0 Å². The van der Waals surface area contributed by atoms with E-state index in [0.717, 1.165) is 17.7 Å². The first-order valence-corrected chi connectivity index (χ1v) is 5.59. The van der Waals surface area contributed by atoms with Gasteiger partial charge in [-0.2, -0.15) is 0 Å². The molecule has 0 saturated carbocycles. The minimum absolute atomic E-state index is 0.152. The summed E-state index contributed by atoms with van der Waals surface area (Å²) in [6, 6.07) is 11.1. The summed E-state index contributed by atoms with van der Waals surface area (Å²) in [7, 11) is 0. The molecule has 0 heterocycles. The quantitative estimate of drug-likeness (QED) is 0.643. The van der Waals surface area contributed by atoms with Crippen LogP contribution in [-0.4, -0.2) is 6.54 Å². The lowest BCUT2D eigenvalue weighted by molar-refractivity contribution is 0.448. The van der Waals surface area contributed by atoms with Crippen LogP contribution < -0.4 is 5.32 Å². The number of nitrogens with one attached hydrogen (secondary N) is 1. The van der Waals surface area contributed by atoms with Gasteiger partial charge < -0.3 is 5.32 Å². The molecule has 0 fully saturated rings. The predicted octanol–water partition coefficient (Wildman–Crippen LogP) is 3.57. The van der Waals surface area contributed by atoms with Crippen LogP contribution in [0.3, 0.4) is 0 Å². The van der Waals surface area contributed by atoms with Crippen LogP contribution in [-0.2, 0) is 0 Å². The lowest BCUT2D eigenvalue weighted by atomic mass is 10.2. The van der Waals surface area contributed by atoms with Gasteiger partial charge in [0.25, 0.3) is 0 Å². The Bertz CT molecular complexity index is 604. The van der Waals surface area contributed by atoms with E-state index in [2.05, 4.69) is 17.2 Å². The van der Waals surface area contributed by atoms with Crippen molar-refractivity contribution in [2.45, 2.75) is 0 Å². The van der Waals surface area contributed by atoms with Crippen molar-refractivity contribution in [3.63, 3.8) is 0 Å². The zero-order chi connectivity index (χ0) is 13.7. The highest BCUT2D eigenvalue weighted by Gasteiger charge is 2.09. The van der Waals surface area contributed by atoms with E-state index in [1.54, 1.807) is 0 Å². The van der Waals surface area contributed by atoms with Gasteiger partial charge in [0.15, 0.2) is 17.5 Å². The monoisotopic (exact) mass is 261 g/mol. The minimum Gasteiger partial charge on any atom is -0.374 e. The normalized spacial score (nSPS) is 9.63. The molecular weight excluding hydrogens is 251 g/mol. The van der Waals surface area contributed by atoms with Crippen molar-refractivity contribution in [3.05, 3.63) is 65.5 Å². The molecule has 2 aromatic carbocycles. The molecule has 0 aliphatic heterocycles. The van der Waals surface area contributed by atoms with Gasteiger partial charge in [0, 0.05) is 23.4 Å². The number of rotatable bonds is 2. The van der Waals surface area contributed by atoms with Gasteiger partial charge in [-0.3, -0.25) is 0 Å². The fraction of sp³-hybridized carbons (Fsp3) is 0.0667. The van der Waals surface area contributed by atoms with Gasteiger partial charge in [-0.25, -0.2) is 13.2 Å². The van der Waals surface area contributed by atoms with Crippen LogP contribution >= 0.6 is 0 Å². The smallest absolute Gasteiger partial charge is 0.194 e. The fourth-order valence-electron chi connectivity index (χ4n) is 1.47. The van der Waals surface area contributed by atoms with E-state index in [-0.39, 0.29) is 12.2 Å². The SMILES string of the molecule is Fc1cc(NCC#Cc2ccccc2)cc(F)c1F. The second-order valence-corrected chi connectivity index (χ2v) is 3.78. The van der Waals surface area contributed by atoms with Gasteiger partial charge in [-0.15, -0.1) is 0 Å². The summed E-state index contributed by atoms with van der Waals surface area (Å²) in [6.45, 7) is 0.208. The summed E-state index contributed by atoms with van der Waals surface area (Å²) >= 11 is 0. The first-order chi connectivity index (χ1) is 9.16. The van der Waals surface area contributed by atoms with Crippen LogP contribution in [0.5, 0.6) is 0 Å². The molecule has 1 N–H and O–H groups in total. The maximum atomic E-state index is 12.9. The zero-order valence-corrected chi connectivity index (χ0v) is 9.88. The van der Waals surface area contributed by atoms with Crippen LogP contribution in [0.4, 0.5) is 18.9 Å². The third-order valence-corrected chi connectivity index (χ3v) is 2.37. The molecule has 0 aliphatic rings. The Morgan fingerprint density at radius 3 is 2.21 bits per heavy atom. The third-order valence-electron chi connectivity index (χ3n) is 2.37. The molecule has 0 unspecified atom stereocenters. The summed E-state index contributed by atoms with van der Waals surface area (Å²) in [5, 5.41) is 2.70. The Balaban J connectivity index is 1.99. The molecule has 0 saturated heterocycles. The van der Waals surface area contributed by atoms with Crippen molar-refractivity contribution in [2.24, 2.45) is 0 Å². The van der Waals surface area contributed by atoms with E-state index in [0.29, 0.717) is 0 Å². The van der Waals surface area contributed by atoms with Crippen molar-refractivity contribution in [1.82, 2.24) is 0 Å². The third kappa shape index (κ3) is 3.52. The van der Waals surface area contributed by atoms with Crippen molar-refractivity contribution >= 4 is 5.69 Å². The average molecular weight is 261 g/mol.